The van der Waals surface area contributed by atoms with Gasteiger partial charge in [-0.15, -0.1) is 0 Å². The number of rotatable bonds is 2. The number of carbonyl (C=O) groups excluding carboxylic acids is 4. The first-order valence-corrected chi connectivity index (χ1v) is 7.46. The fourth-order valence-electron chi connectivity index (χ4n) is 2.62. The lowest BCUT2D eigenvalue weighted by Crippen LogP contribution is -2.75. The van der Waals surface area contributed by atoms with E-state index in [0.717, 1.165) is 4.90 Å². The average molecular weight is 331 g/mol. The molecular weight excluding hydrogens is 314 g/mol. The van der Waals surface area contributed by atoms with E-state index in [9.17, 15) is 19.2 Å². The lowest BCUT2D eigenvalue weighted by atomic mass is 10.1. The molecule has 1 fully saturated rings. The first kappa shape index (κ1) is 16.0. The number of carbonyl (C=O) groups is 4. The Morgan fingerprint density at radius 1 is 1.12 bits per heavy atom. The van der Waals surface area contributed by atoms with Crippen molar-refractivity contribution in [3.63, 3.8) is 0 Å². The highest BCUT2D eigenvalue weighted by Crippen LogP contribution is 2.27. The molecule has 0 aromatic heterocycles. The second-order valence-corrected chi connectivity index (χ2v) is 6.60. The third kappa shape index (κ3) is 2.60. The van der Waals surface area contributed by atoms with Gasteiger partial charge in [-0.2, -0.15) is 0 Å². The van der Waals surface area contributed by atoms with E-state index in [2.05, 4.69) is 10.6 Å². The number of imide groups is 1. The minimum absolute atomic E-state index is 0.277. The van der Waals surface area contributed by atoms with Crippen LogP contribution in [0.4, 0.5) is 4.79 Å². The Morgan fingerprint density at radius 2 is 1.67 bits per heavy atom. The molecule has 2 aliphatic rings. The Kier molecular flexibility index (Phi) is 3.55. The lowest BCUT2D eigenvalue weighted by Gasteiger charge is -2.41. The van der Waals surface area contributed by atoms with Crippen molar-refractivity contribution in [2.24, 2.45) is 0 Å². The number of nitrogens with zero attached hydrogens (tertiary/aromatic N) is 1. The monoisotopic (exact) mass is 331 g/mol. The number of β-lactam (4-membered cyclic amide) rings is 1. The summed E-state index contributed by atoms with van der Waals surface area (Å²) >= 11 is 0. The van der Waals surface area contributed by atoms with Crippen LogP contribution in [0.5, 0.6) is 0 Å². The van der Waals surface area contributed by atoms with Crippen molar-refractivity contribution in [3.05, 3.63) is 35.4 Å². The molecule has 0 radical (unpaired) electrons. The maximum absolute atomic E-state index is 12.4. The molecule has 3 rings (SSSR count). The van der Waals surface area contributed by atoms with E-state index in [1.165, 1.54) is 0 Å². The van der Waals surface area contributed by atoms with Crippen LogP contribution in [0.3, 0.4) is 0 Å². The van der Waals surface area contributed by atoms with Gasteiger partial charge in [-0.05, 0) is 32.9 Å². The van der Waals surface area contributed by atoms with Crippen LogP contribution < -0.4 is 10.6 Å². The zero-order chi connectivity index (χ0) is 17.6. The number of hydrogen-bond acceptors (Lipinski definition) is 5. The maximum atomic E-state index is 12.4. The molecule has 4 amide bonds. The van der Waals surface area contributed by atoms with Gasteiger partial charge in [0, 0.05) is 0 Å². The Hall–Kier alpha value is -2.90. The van der Waals surface area contributed by atoms with Crippen molar-refractivity contribution in [2.45, 2.75) is 38.6 Å². The number of fused-ring (bicyclic) bond motifs is 1. The summed E-state index contributed by atoms with van der Waals surface area (Å²) in [6.07, 6.45) is -1.72. The van der Waals surface area contributed by atoms with Gasteiger partial charge in [0.05, 0.1) is 11.1 Å². The highest BCUT2D eigenvalue weighted by Gasteiger charge is 2.51. The molecule has 1 saturated heterocycles. The smallest absolute Gasteiger partial charge is 0.408 e. The quantitative estimate of drug-likeness (QED) is 0.611. The number of amides is 4. The molecule has 1 aromatic carbocycles. The van der Waals surface area contributed by atoms with Crippen molar-refractivity contribution in [1.29, 1.82) is 0 Å². The molecule has 0 aliphatic carbocycles. The van der Waals surface area contributed by atoms with Crippen molar-refractivity contribution < 1.29 is 23.9 Å². The average Bonchev–Trinajstić information content (AvgIpc) is 2.73. The highest BCUT2D eigenvalue weighted by molar-refractivity contribution is 6.22. The van der Waals surface area contributed by atoms with Crippen molar-refractivity contribution in [1.82, 2.24) is 15.5 Å². The van der Waals surface area contributed by atoms with Crippen LogP contribution in [0.2, 0.25) is 0 Å². The van der Waals surface area contributed by atoms with Crippen LogP contribution in [-0.4, -0.2) is 46.5 Å². The third-order valence-electron chi connectivity index (χ3n) is 3.66. The summed E-state index contributed by atoms with van der Waals surface area (Å²) in [6.45, 7) is 5.07. The van der Waals surface area contributed by atoms with Crippen molar-refractivity contribution >= 4 is 23.8 Å². The normalized spacial score (nSPS) is 22.6. The Morgan fingerprint density at radius 3 is 2.12 bits per heavy atom. The highest BCUT2D eigenvalue weighted by atomic mass is 16.6. The summed E-state index contributed by atoms with van der Waals surface area (Å²) in [4.78, 5) is 49.4. The summed E-state index contributed by atoms with van der Waals surface area (Å²) in [5.41, 5.74) is -0.172. The molecule has 24 heavy (non-hydrogen) atoms. The minimum Gasteiger partial charge on any atom is -0.444 e. The number of benzene rings is 1. The second-order valence-electron chi connectivity index (χ2n) is 6.60. The topological polar surface area (TPSA) is 105 Å². The van der Waals surface area contributed by atoms with Gasteiger partial charge in [0.25, 0.3) is 11.8 Å². The molecule has 2 heterocycles. The molecule has 8 heteroatoms. The first-order valence-electron chi connectivity index (χ1n) is 7.46. The van der Waals surface area contributed by atoms with E-state index < -0.39 is 41.6 Å². The van der Waals surface area contributed by atoms with E-state index in [0.29, 0.717) is 0 Å². The molecule has 0 bridgehead atoms. The predicted octanol–water partition coefficient (Wildman–Crippen LogP) is 0.632. The Balaban J connectivity index is 1.76. The van der Waals surface area contributed by atoms with E-state index in [1.807, 2.05) is 0 Å². The first-order chi connectivity index (χ1) is 11.2. The van der Waals surface area contributed by atoms with Gasteiger partial charge in [-0.1, -0.05) is 12.1 Å². The number of nitrogens with one attached hydrogen (secondary N) is 2. The van der Waals surface area contributed by atoms with Crippen LogP contribution in [0.25, 0.3) is 0 Å². The molecular formula is C16H17N3O5. The van der Waals surface area contributed by atoms with Crippen LogP contribution in [0, 0.1) is 0 Å². The van der Waals surface area contributed by atoms with E-state index >= 15 is 0 Å². The van der Waals surface area contributed by atoms with Gasteiger partial charge in [0.2, 0.25) is 5.91 Å². The Bertz CT molecular complexity index is 717. The van der Waals surface area contributed by atoms with Gasteiger partial charge >= 0.3 is 6.09 Å². The summed E-state index contributed by atoms with van der Waals surface area (Å²) < 4.78 is 5.10. The van der Waals surface area contributed by atoms with Gasteiger partial charge < -0.3 is 15.4 Å². The van der Waals surface area contributed by atoms with Crippen LogP contribution in [-0.2, 0) is 9.53 Å². The number of hydrogen-bond donors (Lipinski definition) is 2. The fraction of sp³-hybridized carbons (Fsp3) is 0.375. The lowest BCUT2D eigenvalue weighted by molar-refractivity contribution is -0.134. The van der Waals surface area contributed by atoms with Crippen LogP contribution in [0.1, 0.15) is 41.5 Å². The zero-order valence-corrected chi connectivity index (χ0v) is 13.5. The van der Waals surface area contributed by atoms with E-state index in [-0.39, 0.29) is 11.1 Å². The molecule has 0 spiro atoms. The van der Waals surface area contributed by atoms with Crippen LogP contribution in [0.15, 0.2) is 24.3 Å². The fourth-order valence-corrected chi connectivity index (χ4v) is 2.62. The summed E-state index contributed by atoms with van der Waals surface area (Å²) in [5.74, 6) is -1.49. The number of alkyl carbamates (subject to hydrolysis) is 1. The van der Waals surface area contributed by atoms with Crippen LogP contribution >= 0.6 is 0 Å². The Labute approximate surface area is 138 Å². The summed E-state index contributed by atoms with van der Waals surface area (Å²) in [7, 11) is 0. The molecule has 2 atom stereocenters. The molecule has 0 saturated carbocycles. The predicted molar refractivity (Wildman–Crippen MR) is 82.0 cm³/mol. The van der Waals surface area contributed by atoms with E-state index in [1.54, 1.807) is 45.0 Å². The second kappa shape index (κ2) is 5.33. The van der Waals surface area contributed by atoms with Gasteiger partial charge in [0.15, 0.2) is 6.04 Å². The van der Waals surface area contributed by atoms with Crippen molar-refractivity contribution in [3.8, 4) is 0 Å². The summed E-state index contributed by atoms with van der Waals surface area (Å²) in [5, 5.41) is 4.87. The standard InChI is InChI=1S/C16H17N3O5/c1-16(2,3)24-15(23)17-10-11(18-12(10)20)19-13(21)8-6-4-5-7-9(8)14(19)22/h4-7,10-11H,1-3H3,(H,17,23)(H,18,20)/t10-,11?/m0/s1. The van der Waals surface area contributed by atoms with Gasteiger partial charge in [-0.3, -0.25) is 19.3 Å². The maximum Gasteiger partial charge on any atom is 0.408 e. The molecule has 126 valence electrons. The molecule has 1 aromatic rings. The molecule has 2 aliphatic heterocycles. The van der Waals surface area contributed by atoms with Crippen molar-refractivity contribution in [2.75, 3.05) is 0 Å². The molecule has 1 unspecified atom stereocenters. The third-order valence-corrected chi connectivity index (χ3v) is 3.66. The zero-order valence-electron chi connectivity index (χ0n) is 13.5. The SMILES string of the molecule is CC(C)(C)OC(=O)N[C@@H]1C(=O)NC1N1C(=O)c2ccccc2C1=O. The molecule has 8 nitrogen and oxygen atoms in total. The van der Waals surface area contributed by atoms with E-state index in [4.69, 9.17) is 4.74 Å². The largest absolute Gasteiger partial charge is 0.444 e. The van der Waals surface area contributed by atoms with Gasteiger partial charge in [-0.25, -0.2) is 4.79 Å². The van der Waals surface area contributed by atoms with Gasteiger partial charge in [0.1, 0.15) is 11.8 Å². The minimum atomic E-state index is -1.04. The summed E-state index contributed by atoms with van der Waals surface area (Å²) in [6, 6.07) is 5.37. The molecule has 2 N–H and O–H groups in total. The number of ether oxygens (including phenoxy) is 1.